The number of esters is 1. The minimum absolute atomic E-state index is 0.0329. The Morgan fingerprint density at radius 1 is 1.12 bits per heavy atom. The first kappa shape index (κ1) is 21.8. The minimum atomic E-state index is -0.742. The van der Waals surface area contributed by atoms with Crippen LogP contribution in [-0.2, 0) is 4.79 Å². The molecule has 2 aliphatic heterocycles. The van der Waals surface area contributed by atoms with Gasteiger partial charge in [0.25, 0.3) is 0 Å². The molecule has 1 saturated heterocycles. The molecule has 2 heterocycles. The van der Waals surface area contributed by atoms with Gasteiger partial charge in [0.15, 0.2) is 16.6 Å². The molecule has 1 aliphatic carbocycles. The zero-order valence-corrected chi connectivity index (χ0v) is 20.2. The molecule has 1 saturated carbocycles. The lowest BCUT2D eigenvalue weighted by Crippen LogP contribution is -2.69. The Balaban J connectivity index is 1.60. The molecule has 32 heavy (non-hydrogen) atoms. The quantitative estimate of drug-likeness (QED) is 0.333. The monoisotopic (exact) mass is 490 g/mol. The average molecular weight is 491 g/mol. The number of fused-ring (bicyclic) bond motifs is 1. The number of halogens is 2. The first-order valence-corrected chi connectivity index (χ1v) is 11.9. The van der Waals surface area contributed by atoms with E-state index in [-0.39, 0.29) is 23.3 Å². The number of benzene rings is 2. The maximum absolute atomic E-state index is 12.3. The Morgan fingerprint density at radius 3 is 2.56 bits per heavy atom. The highest BCUT2D eigenvalue weighted by Crippen LogP contribution is 2.50. The second-order valence-electron chi connectivity index (χ2n) is 9.53. The third-order valence-corrected chi connectivity index (χ3v) is 7.05. The van der Waals surface area contributed by atoms with Crippen molar-refractivity contribution in [2.75, 3.05) is 0 Å². The van der Waals surface area contributed by atoms with Gasteiger partial charge >= 0.3 is 5.97 Å². The van der Waals surface area contributed by atoms with E-state index >= 15 is 0 Å². The summed E-state index contributed by atoms with van der Waals surface area (Å²) in [5, 5.41) is 8.27. The molecule has 0 aromatic heterocycles. The van der Waals surface area contributed by atoms with Gasteiger partial charge in [-0.3, -0.25) is 4.79 Å². The summed E-state index contributed by atoms with van der Waals surface area (Å²) in [6.45, 7) is 4.19. The van der Waals surface area contributed by atoms with E-state index in [1.165, 1.54) is 0 Å². The number of ether oxygens (including phenoxy) is 2. The molecule has 168 valence electrons. The highest BCUT2D eigenvalue weighted by atomic mass is 35.5. The fourth-order valence-corrected chi connectivity index (χ4v) is 5.70. The van der Waals surface area contributed by atoms with Gasteiger partial charge in [0.2, 0.25) is 0 Å². The predicted octanol–water partition coefficient (Wildman–Crippen LogP) is 5.57. The Morgan fingerprint density at radius 2 is 1.88 bits per heavy atom. The van der Waals surface area contributed by atoms with E-state index in [0.29, 0.717) is 39.5 Å². The number of nitrogens with one attached hydrogen (secondary N) is 2. The summed E-state index contributed by atoms with van der Waals surface area (Å²) in [5.74, 6) is 0.560. The van der Waals surface area contributed by atoms with Crippen molar-refractivity contribution in [2.45, 2.75) is 56.7 Å². The van der Waals surface area contributed by atoms with E-state index in [2.05, 4.69) is 24.5 Å². The second kappa shape index (κ2) is 7.79. The maximum Gasteiger partial charge on any atom is 0.314 e. The number of rotatable bonds is 3. The molecule has 0 unspecified atom stereocenters. The Hall–Kier alpha value is -2.02. The maximum atomic E-state index is 12.3. The van der Waals surface area contributed by atoms with Crippen molar-refractivity contribution in [3.05, 3.63) is 57.6 Å². The summed E-state index contributed by atoms with van der Waals surface area (Å²) < 4.78 is 12.2. The lowest BCUT2D eigenvalue weighted by atomic mass is 9.77. The molecule has 0 bridgehead atoms. The van der Waals surface area contributed by atoms with E-state index in [4.69, 9.17) is 44.9 Å². The molecule has 5 rings (SSSR count). The fourth-order valence-electron chi connectivity index (χ4n) is 4.76. The van der Waals surface area contributed by atoms with Crippen LogP contribution in [0.15, 0.2) is 36.4 Å². The summed E-state index contributed by atoms with van der Waals surface area (Å²) in [6.07, 6.45) is 3.00. The lowest BCUT2D eigenvalue weighted by Gasteiger charge is -2.50. The smallest absolute Gasteiger partial charge is 0.314 e. The minimum Gasteiger partial charge on any atom is -0.468 e. The molecule has 2 aromatic carbocycles. The van der Waals surface area contributed by atoms with Crippen molar-refractivity contribution in [3.8, 4) is 11.5 Å². The van der Waals surface area contributed by atoms with Crippen LogP contribution in [0.25, 0.3) is 0 Å². The Labute approximate surface area is 202 Å². The van der Waals surface area contributed by atoms with E-state index in [1.807, 2.05) is 30.3 Å². The predicted molar refractivity (Wildman–Crippen MR) is 129 cm³/mol. The molecule has 2 fully saturated rings. The molecule has 2 atom stereocenters. The third-order valence-electron chi connectivity index (χ3n) is 6.20. The SMILES string of the molecule is CC1(C)C[C@]2(C[C@@H](c3ccccc3Cl)c3cc(Cl)c(OC(=O)C4CC4)cc3O2)NC(=S)N1. The molecule has 2 aromatic rings. The third kappa shape index (κ3) is 4.16. The van der Waals surface area contributed by atoms with Crippen LogP contribution in [0.4, 0.5) is 0 Å². The van der Waals surface area contributed by atoms with Gasteiger partial charge in [-0.15, -0.1) is 0 Å². The van der Waals surface area contributed by atoms with E-state index in [9.17, 15) is 4.79 Å². The van der Waals surface area contributed by atoms with Crippen LogP contribution in [0, 0.1) is 5.92 Å². The molecule has 2 N–H and O–H groups in total. The lowest BCUT2D eigenvalue weighted by molar-refractivity contribution is -0.135. The first-order chi connectivity index (χ1) is 15.1. The normalized spacial score (nSPS) is 25.9. The highest BCUT2D eigenvalue weighted by Gasteiger charge is 2.49. The fraction of sp³-hybridized carbons (Fsp3) is 0.417. The average Bonchev–Trinajstić information content (AvgIpc) is 3.52. The molecule has 1 spiro atoms. The van der Waals surface area contributed by atoms with Crippen molar-refractivity contribution in [1.29, 1.82) is 0 Å². The number of hydrogen-bond acceptors (Lipinski definition) is 4. The van der Waals surface area contributed by atoms with Crippen LogP contribution < -0.4 is 20.1 Å². The van der Waals surface area contributed by atoms with Crippen LogP contribution in [-0.4, -0.2) is 22.3 Å². The number of hydrogen-bond donors (Lipinski definition) is 2. The van der Waals surface area contributed by atoms with Crippen LogP contribution in [0.5, 0.6) is 11.5 Å². The highest BCUT2D eigenvalue weighted by molar-refractivity contribution is 7.80. The van der Waals surface area contributed by atoms with Gasteiger partial charge in [0.1, 0.15) is 5.75 Å². The van der Waals surface area contributed by atoms with Gasteiger partial charge in [0, 0.05) is 41.0 Å². The molecule has 3 aliphatic rings. The summed E-state index contributed by atoms with van der Waals surface area (Å²) in [5.41, 5.74) is 0.886. The van der Waals surface area contributed by atoms with Gasteiger partial charge in [-0.05, 0) is 56.6 Å². The topological polar surface area (TPSA) is 59.6 Å². The van der Waals surface area contributed by atoms with E-state index in [1.54, 1.807) is 6.07 Å². The van der Waals surface area contributed by atoms with Crippen molar-refractivity contribution in [3.63, 3.8) is 0 Å². The van der Waals surface area contributed by atoms with E-state index in [0.717, 1.165) is 24.0 Å². The van der Waals surface area contributed by atoms with E-state index < -0.39 is 5.72 Å². The van der Waals surface area contributed by atoms with Crippen molar-refractivity contribution >= 4 is 46.5 Å². The molecular formula is C24H24Cl2N2O3S. The van der Waals surface area contributed by atoms with Crippen LogP contribution >= 0.6 is 35.4 Å². The van der Waals surface area contributed by atoms with Gasteiger partial charge in [-0.1, -0.05) is 41.4 Å². The molecule has 8 heteroatoms. The molecular weight excluding hydrogens is 467 g/mol. The van der Waals surface area contributed by atoms with Crippen molar-refractivity contribution < 1.29 is 14.3 Å². The Bertz CT molecular complexity index is 1120. The molecule has 5 nitrogen and oxygen atoms in total. The van der Waals surface area contributed by atoms with Crippen molar-refractivity contribution in [1.82, 2.24) is 10.6 Å². The Kier molecular flexibility index (Phi) is 5.31. The van der Waals surface area contributed by atoms with Crippen LogP contribution in [0.1, 0.15) is 56.6 Å². The number of carbonyl (C=O) groups excluding carboxylic acids is 1. The van der Waals surface area contributed by atoms with Crippen molar-refractivity contribution in [2.24, 2.45) is 5.92 Å². The summed E-state index contributed by atoms with van der Waals surface area (Å²) >= 11 is 18.7. The second-order valence-corrected chi connectivity index (χ2v) is 10.8. The standard InChI is InChI=1S/C24H24Cl2N2O3S/c1-23(2)12-24(28-22(32)27-23)11-16(14-5-3-4-6-17(14)25)15-9-18(26)20(10-19(15)31-24)30-21(29)13-7-8-13/h3-6,9-10,13,16H,7-8,11-12H2,1-2H3,(H2,27,28,32)/t16-,24+/m0/s1. The zero-order chi connectivity index (χ0) is 22.7. The summed E-state index contributed by atoms with van der Waals surface area (Å²) in [4.78, 5) is 12.3. The molecule has 0 amide bonds. The molecule has 0 radical (unpaired) electrons. The summed E-state index contributed by atoms with van der Waals surface area (Å²) in [7, 11) is 0. The van der Waals surface area contributed by atoms with Gasteiger partial charge in [-0.2, -0.15) is 0 Å². The number of carbonyl (C=O) groups is 1. The van der Waals surface area contributed by atoms with Crippen LogP contribution in [0.2, 0.25) is 10.0 Å². The van der Waals surface area contributed by atoms with Gasteiger partial charge < -0.3 is 20.1 Å². The van der Waals surface area contributed by atoms with Crippen LogP contribution in [0.3, 0.4) is 0 Å². The summed E-state index contributed by atoms with van der Waals surface area (Å²) in [6, 6.07) is 11.4. The zero-order valence-electron chi connectivity index (χ0n) is 17.8. The largest absolute Gasteiger partial charge is 0.468 e. The number of thiocarbonyl (C=S) groups is 1. The van der Waals surface area contributed by atoms with Gasteiger partial charge in [-0.25, -0.2) is 0 Å². The first-order valence-electron chi connectivity index (χ1n) is 10.7. The van der Waals surface area contributed by atoms with Gasteiger partial charge in [0.05, 0.1) is 10.9 Å².